The molecule has 1 aromatic rings. The molecular formula is C15H21ClN2O. The molecule has 3 nitrogen and oxygen atoms in total. The standard InChI is InChI=1S/C15H20N2O.ClH/c18-15(11-4-2-1-3-5-11)17-13-6-7-14-12(10-13)8-9-16-14;/h6-7,10-11,16H,1-5,8-9H2,(H,17,18);1H. The van der Waals surface area contributed by atoms with Gasteiger partial charge in [0.25, 0.3) is 0 Å². The third kappa shape index (κ3) is 3.21. The highest BCUT2D eigenvalue weighted by atomic mass is 35.5. The van der Waals surface area contributed by atoms with Crippen molar-refractivity contribution in [2.45, 2.75) is 38.5 Å². The van der Waals surface area contributed by atoms with Crippen LogP contribution in [0.3, 0.4) is 0 Å². The molecule has 1 saturated carbocycles. The van der Waals surface area contributed by atoms with Gasteiger partial charge in [-0.3, -0.25) is 4.79 Å². The van der Waals surface area contributed by atoms with Crippen molar-refractivity contribution >= 4 is 29.7 Å². The Balaban J connectivity index is 0.00000133. The summed E-state index contributed by atoms with van der Waals surface area (Å²) in [6, 6.07) is 6.17. The summed E-state index contributed by atoms with van der Waals surface area (Å²) in [5, 5.41) is 6.41. The highest BCUT2D eigenvalue weighted by Gasteiger charge is 2.21. The Bertz CT molecular complexity index is 455. The predicted octanol–water partition coefficient (Wildman–Crippen LogP) is 3.60. The molecule has 0 atom stereocenters. The van der Waals surface area contributed by atoms with E-state index in [0.717, 1.165) is 31.5 Å². The van der Waals surface area contributed by atoms with Crippen molar-refractivity contribution < 1.29 is 4.79 Å². The van der Waals surface area contributed by atoms with Crippen molar-refractivity contribution in [2.75, 3.05) is 17.2 Å². The van der Waals surface area contributed by atoms with Crippen LogP contribution < -0.4 is 10.6 Å². The van der Waals surface area contributed by atoms with E-state index in [9.17, 15) is 4.79 Å². The van der Waals surface area contributed by atoms with Crippen LogP contribution in [0, 0.1) is 5.92 Å². The molecule has 1 heterocycles. The minimum absolute atomic E-state index is 0. The van der Waals surface area contributed by atoms with Crippen LogP contribution in [0.15, 0.2) is 18.2 Å². The van der Waals surface area contributed by atoms with Gasteiger partial charge in [0.2, 0.25) is 5.91 Å². The van der Waals surface area contributed by atoms with Gasteiger partial charge >= 0.3 is 0 Å². The van der Waals surface area contributed by atoms with Gasteiger partial charge in [-0.15, -0.1) is 12.4 Å². The fourth-order valence-corrected chi connectivity index (χ4v) is 2.99. The predicted molar refractivity (Wildman–Crippen MR) is 81.1 cm³/mol. The third-order valence-corrected chi connectivity index (χ3v) is 4.06. The lowest BCUT2D eigenvalue weighted by atomic mass is 9.88. The van der Waals surface area contributed by atoms with Crippen molar-refractivity contribution in [1.82, 2.24) is 0 Å². The lowest BCUT2D eigenvalue weighted by Gasteiger charge is -2.20. The first kappa shape index (κ1) is 14.2. The van der Waals surface area contributed by atoms with Gasteiger partial charge in [0, 0.05) is 23.8 Å². The van der Waals surface area contributed by atoms with Crippen molar-refractivity contribution in [1.29, 1.82) is 0 Å². The summed E-state index contributed by atoms with van der Waals surface area (Å²) in [5.74, 6) is 0.436. The normalized spacial score (nSPS) is 18.1. The Morgan fingerprint density at radius 2 is 2.00 bits per heavy atom. The lowest BCUT2D eigenvalue weighted by molar-refractivity contribution is -0.120. The van der Waals surface area contributed by atoms with Crippen LogP contribution in [0.4, 0.5) is 11.4 Å². The van der Waals surface area contributed by atoms with E-state index >= 15 is 0 Å². The van der Waals surface area contributed by atoms with E-state index < -0.39 is 0 Å². The second kappa shape index (κ2) is 6.29. The van der Waals surface area contributed by atoms with Crippen LogP contribution in [0.5, 0.6) is 0 Å². The Morgan fingerprint density at radius 3 is 2.79 bits per heavy atom. The van der Waals surface area contributed by atoms with Crippen molar-refractivity contribution in [2.24, 2.45) is 5.92 Å². The second-order valence-electron chi connectivity index (χ2n) is 5.37. The molecule has 1 amide bonds. The molecule has 4 heteroatoms. The van der Waals surface area contributed by atoms with Crippen molar-refractivity contribution in [3.63, 3.8) is 0 Å². The molecule has 0 unspecified atom stereocenters. The van der Waals surface area contributed by atoms with Gasteiger partial charge in [-0.2, -0.15) is 0 Å². The number of hydrogen-bond donors (Lipinski definition) is 2. The number of benzene rings is 1. The van der Waals surface area contributed by atoms with Crippen molar-refractivity contribution in [3.05, 3.63) is 23.8 Å². The first-order valence-electron chi connectivity index (χ1n) is 7.00. The molecule has 104 valence electrons. The summed E-state index contributed by atoms with van der Waals surface area (Å²) in [6.07, 6.45) is 6.85. The summed E-state index contributed by atoms with van der Waals surface area (Å²) in [4.78, 5) is 12.1. The number of fused-ring (bicyclic) bond motifs is 1. The lowest BCUT2D eigenvalue weighted by Crippen LogP contribution is -2.24. The van der Waals surface area contributed by atoms with Crippen LogP contribution in [0.2, 0.25) is 0 Å². The summed E-state index contributed by atoms with van der Waals surface area (Å²) < 4.78 is 0. The summed E-state index contributed by atoms with van der Waals surface area (Å²) in [6.45, 7) is 1.01. The number of anilines is 2. The van der Waals surface area contributed by atoms with Gasteiger partial charge in [0.15, 0.2) is 0 Å². The smallest absolute Gasteiger partial charge is 0.227 e. The van der Waals surface area contributed by atoms with Gasteiger partial charge in [0.1, 0.15) is 0 Å². The molecule has 0 spiro atoms. The van der Waals surface area contributed by atoms with Gasteiger partial charge < -0.3 is 10.6 Å². The number of nitrogens with one attached hydrogen (secondary N) is 2. The molecule has 0 bridgehead atoms. The Morgan fingerprint density at radius 1 is 1.21 bits per heavy atom. The van der Waals surface area contributed by atoms with Crippen LogP contribution in [0.1, 0.15) is 37.7 Å². The van der Waals surface area contributed by atoms with Crippen LogP contribution in [0.25, 0.3) is 0 Å². The highest BCUT2D eigenvalue weighted by Crippen LogP contribution is 2.27. The molecule has 2 aliphatic rings. The van der Waals surface area contributed by atoms with Gasteiger partial charge in [-0.05, 0) is 43.0 Å². The molecule has 1 aliphatic carbocycles. The van der Waals surface area contributed by atoms with Crippen LogP contribution >= 0.6 is 12.4 Å². The molecule has 0 aromatic heterocycles. The van der Waals surface area contributed by atoms with E-state index in [1.54, 1.807) is 0 Å². The van der Waals surface area contributed by atoms with E-state index in [2.05, 4.69) is 22.8 Å². The maximum Gasteiger partial charge on any atom is 0.227 e. The minimum Gasteiger partial charge on any atom is -0.384 e. The van der Waals surface area contributed by atoms with Gasteiger partial charge in [0.05, 0.1) is 0 Å². The first-order chi connectivity index (χ1) is 8.83. The Kier molecular flexibility index (Phi) is 4.70. The average Bonchev–Trinajstić information content (AvgIpc) is 2.87. The quantitative estimate of drug-likeness (QED) is 0.869. The largest absolute Gasteiger partial charge is 0.384 e. The topological polar surface area (TPSA) is 41.1 Å². The van der Waals surface area contributed by atoms with Crippen LogP contribution in [-0.4, -0.2) is 12.5 Å². The number of rotatable bonds is 2. The summed E-state index contributed by atoms with van der Waals surface area (Å²) >= 11 is 0. The summed E-state index contributed by atoms with van der Waals surface area (Å²) in [5.41, 5.74) is 3.48. The molecule has 2 N–H and O–H groups in total. The molecule has 19 heavy (non-hydrogen) atoms. The third-order valence-electron chi connectivity index (χ3n) is 4.06. The van der Waals surface area contributed by atoms with E-state index in [1.807, 2.05) is 6.07 Å². The number of amides is 1. The molecule has 1 aromatic carbocycles. The zero-order valence-electron chi connectivity index (χ0n) is 11.1. The van der Waals surface area contributed by atoms with Crippen LogP contribution in [-0.2, 0) is 11.2 Å². The monoisotopic (exact) mass is 280 g/mol. The maximum atomic E-state index is 12.1. The SMILES string of the molecule is Cl.O=C(Nc1ccc2c(c1)CCN2)C1CCCCC1. The Labute approximate surface area is 120 Å². The van der Waals surface area contributed by atoms with E-state index in [0.29, 0.717) is 0 Å². The van der Waals surface area contributed by atoms with Crippen molar-refractivity contribution in [3.8, 4) is 0 Å². The van der Waals surface area contributed by atoms with E-state index in [4.69, 9.17) is 0 Å². The fraction of sp³-hybridized carbons (Fsp3) is 0.533. The number of carbonyl (C=O) groups excluding carboxylic acids is 1. The molecular weight excluding hydrogens is 260 g/mol. The maximum absolute atomic E-state index is 12.1. The zero-order valence-corrected chi connectivity index (χ0v) is 11.9. The zero-order chi connectivity index (χ0) is 12.4. The second-order valence-corrected chi connectivity index (χ2v) is 5.37. The van der Waals surface area contributed by atoms with Gasteiger partial charge in [-0.1, -0.05) is 19.3 Å². The molecule has 0 saturated heterocycles. The Hall–Kier alpha value is -1.22. The van der Waals surface area contributed by atoms with E-state index in [-0.39, 0.29) is 24.2 Å². The molecule has 0 radical (unpaired) electrons. The first-order valence-corrected chi connectivity index (χ1v) is 7.00. The molecule has 3 rings (SSSR count). The average molecular weight is 281 g/mol. The van der Waals surface area contributed by atoms with E-state index in [1.165, 1.54) is 30.5 Å². The summed E-state index contributed by atoms with van der Waals surface area (Å²) in [7, 11) is 0. The number of carbonyl (C=O) groups is 1. The van der Waals surface area contributed by atoms with Gasteiger partial charge in [-0.25, -0.2) is 0 Å². The fourth-order valence-electron chi connectivity index (χ4n) is 2.99. The molecule has 1 aliphatic heterocycles. The highest BCUT2D eigenvalue weighted by molar-refractivity contribution is 5.93. The minimum atomic E-state index is 0. The number of hydrogen-bond acceptors (Lipinski definition) is 2. The molecule has 1 fully saturated rings. The number of halogens is 1.